The van der Waals surface area contributed by atoms with Crippen molar-refractivity contribution in [3.63, 3.8) is 0 Å². The predicted octanol–water partition coefficient (Wildman–Crippen LogP) is 1.43. The van der Waals surface area contributed by atoms with Gasteiger partial charge in [0, 0.05) is 13.0 Å². The van der Waals surface area contributed by atoms with Gasteiger partial charge < -0.3 is 15.4 Å². The van der Waals surface area contributed by atoms with Crippen molar-refractivity contribution in [1.82, 2.24) is 5.32 Å². The summed E-state index contributed by atoms with van der Waals surface area (Å²) in [6, 6.07) is 5.50. The van der Waals surface area contributed by atoms with E-state index in [9.17, 15) is 9.59 Å². The molecule has 5 nitrogen and oxygen atoms in total. The van der Waals surface area contributed by atoms with Crippen molar-refractivity contribution >= 4 is 17.5 Å². The van der Waals surface area contributed by atoms with Gasteiger partial charge in [0.25, 0.3) is 5.91 Å². The van der Waals surface area contributed by atoms with E-state index in [0.29, 0.717) is 24.4 Å². The minimum atomic E-state index is -0.158. The molecule has 2 N–H and O–H groups in total. The summed E-state index contributed by atoms with van der Waals surface area (Å²) in [5.41, 5.74) is 1.59. The molecule has 0 fully saturated rings. The van der Waals surface area contributed by atoms with Gasteiger partial charge in [0.1, 0.15) is 5.75 Å². The number of amides is 2. The zero-order valence-electron chi connectivity index (χ0n) is 10.3. The van der Waals surface area contributed by atoms with Gasteiger partial charge in [-0.15, -0.1) is 0 Å². The summed E-state index contributed by atoms with van der Waals surface area (Å²) in [5, 5.41) is 5.56. The minimum absolute atomic E-state index is 0.0375. The van der Waals surface area contributed by atoms with Crippen LogP contribution >= 0.6 is 0 Å². The van der Waals surface area contributed by atoms with E-state index < -0.39 is 0 Å². The fourth-order valence-electron chi connectivity index (χ4n) is 1.76. The van der Waals surface area contributed by atoms with Crippen LogP contribution in [0.15, 0.2) is 18.2 Å². The Morgan fingerprint density at radius 1 is 1.50 bits per heavy atom. The second-order valence-corrected chi connectivity index (χ2v) is 4.19. The highest BCUT2D eigenvalue weighted by molar-refractivity contribution is 5.95. The number of ether oxygens (including phenoxy) is 1. The number of benzene rings is 1. The first-order valence-corrected chi connectivity index (χ1v) is 6.01. The molecule has 0 aromatic heterocycles. The van der Waals surface area contributed by atoms with E-state index in [-0.39, 0.29) is 18.4 Å². The van der Waals surface area contributed by atoms with Gasteiger partial charge in [0.2, 0.25) is 5.91 Å². The quantitative estimate of drug-likeness (QED) is 0.847. The van der Waals surface area contributed by atoms with E-state index in [0.717, 1.165) is 12.0 Å². The molecule has 0 unspecified atom stereocenters. The first-order chi connectivity index (χ1) is 8.69. The largest absolute Gasteiger partial charge is 0.482 e. The van der Waals surface area contributed by atoms with Gasteiger partial charge in [0.15, 0.2) is 6.61 Å². The van der Waals surface area contributed by atoms with Gasteiger partial charge in [-0.05, 0) is 24.1 Å². The highest BCUT2D eigenvalue weighted by Crippen LogP contribution is 2.28. The molecule has 5 heteroatoms. The van der Waals surface area contributed by atoms with E-state index in [1.54, 1.807) is 6.07 Å². The average molecular weight is 248 g/mol. The smallest absolute Gasteiger partial charge is 0.262 e. The molecule has 0 bridgehead atoms. The van der Waals surface area contributed by atoms with Crippen molar-refractivity contribution in [3.8, 4) is 5.75 Å². The summed E-state index contributed by atoms with van der Waals surface area (Å²) in [4.78, 5) is 22.5. The maximum absolute atomic E-state index is 11.4. The Morgan fingerprint density at radius 3 is 3.11 bits per heavy atom. The molecule has 1 aromatic carbocycles. The number of carbonyl (C=O) groups is 2. The first kappa shape index (κ1) is 12.4. The summed E-state index contributed by atoms with van der Waals surface area (Å²) < 4.78 is 5.26. The Balaban J connectivity index is 2.00. The van der Waals surface area contributed by atoms with Gasteiger partial charge in [-0.25, -0.2) is 0 Å². The predicted molar refractivity (Wildman–Crippen MR) is 67.3 cm³/mol. The standard InChI is InChI=1S/C13H16N2O3/c1-2-3-12(16)14-7-9-4-5-11-10(6-9)15-13(17)8-18-11/h4-6H,2-3,7-8H2,1H3,(H,14,16)(H,15,17). The molecule has 2 rings (SSSR count). The van der Waals surface area contributed by atoms with Gasteiger partial charge >= 0.3 is 0 Å². The Bertz CT molecular complexity index is 471. The van der Waals surface area contributed by atoms with Gasteiger partial charge in [-0.1, -0.05) is 13.0 Å². The number of nitrogens with one attached hydrogen (secondary N) is 2. The van der Waals surface area contributed by atoms with Crippen molar-refractivity contribution in [1.29, 1.82) is 0 Å². The lowest BCUT2D eigenvalue weighted by atomic mass is 10.1. The van der Waals surface area contributed by atoms with E-state index in [4.69, 9.17) is 4.74 Å². The van der Waals surface area contributed by atoms with Gasteiger partial charge in [0.05, 0.1) is 5.69 Å². The molecule has 1 aromatic rings. The molecular formula is C13H16N2O3. The van der Waals surface area contributed by atoms with Crippen molar-refractivity contribution in [2.45, 2.75) is 26.3 Å². The number of carbonyl (C=O) groups excluding carboxylic acids is 2. The molecule has 0 spiro atoms. The number of rotatable bonds is 4. The van der Waals surface area contributed by atoms with Crippen LogP contribution in [0.3, 0.4) is 0 Å². The topological polar surface area (TPSA) is 67.4 Å². The molecule has 1 aliphatic heterocycles. The lowest BCUT2D eigenvalue weighted by Gasteiger charge is -2.18. The monoisotopic (exact) mass is 248 g/mol. The Morgan fingerprint density at radius 2 is 2.33 bits per heavy atom. The highest BCUT2D eigenvalue weighted by Gasteiger charge is 2.15. The summed E-state index contributed by atoms with van der Waals surface area (Å²) in [6.45, 7) is 2.48. The summed E-state index contributed by atoms with van der Waals surface area (Å²) in [5.74, 6) is 0.545. The zero-order valence-corrected chi connectivity index (χ0v) is 10.3. The number of hydrogen-bond donors (Lipinski definition) is 2. The van der Waals surface area contributed by atoms with E-state index in [1.807, 2.05) is 19.1 Å². The summed E-state index contributed by atoms with van der Waals surface area (Å²) in [6.07, 6.45) is 1.37. The van der Waals surface area contributed by atoms with Crippen LogP contribution in [0.2, 0.25) is 0 Å². The third-order valence-corrected chi connectivity index (χ3v) is 2.64. The number of fused-ring (bicyclic) bond motifs is 1. The van der Waals surface area contributed by atoms with Crippen LogP contribution < -0.4 is 15.4 Å². The molecule has 0 saturated carbocycles. The van der Waals surface area contributed by atoms with E-state index in [2.05, 4.69) is 10.6 Å². The van der Waals surface area contributed by atoms with Crippen molar-refractivity contribution in [3.05, 3.63) is 23.8 Å². The number of anilines is 1. The van der Waals surface area contributed by atoms with E-state index >= 15 is 0 Å². The molecule has 2 amide bonds. The zero-order chi connectivity index (χ0) is 13.0. The van der Waals surface area contributed by atoms with Crippen molar-refractivity contribution in [2.24, 2.45) is 0 Å². The molecule has 96 valence electrons. The van der Waals surface area contributed by atoms with Crippen LogP contribution in [0.1, 0.15) is 25.3 Å². The molecule has 0 atom stereocenters. The lowest BCUT2D eigenvalue weighted by Crippen LogP contribution is -2.26. The van der Waals surface area contributed by atoms with Crippen LogP contribution in [0.5, 0.6) is 5.75 Å². The fourth-order valence-corrected chi connectivity index (χ4v) is 1.76. The minimum Gasteiger partial charge on any atom is -0.482 e. The van der Waals surface area contributed by atoms with Crippen LogP contribution in [0, 0.1) is 0 Å². The third-order valence-electron chi connectivity index (χ3n) is 2.64. The molecule has 1 heterocycles. The molecule has 18 heavy (non-hydrogen) atoms. The second kappa shape index (κ2) is 5.53. The van der Waals surface area contributed by atoms with Crippen LogP contribution in [-0.2, 0) is 16.1 Å². The maximum Gasteiger partial charge on any atom is 0.262 e. The third kappa shape index (κ3) is 3.00. The molecule has 0 radical (unpaired) electrons. The van der Waals surface area contributed by atoms with Crippen LogP contribution in [0.25, 0.3) is 0 Å². The Labute approximate surface area is 106 Å². The highest BCUT2D eigenvalue weighted by atomic mass is 16.5. The Kier molecular flexibility index (Phi) is 3.82. The molecule has 1 aliphatic rings. The second-order valence-electron chi connectivity index (χ2n) is 4.19. The summed E-state index contributed by atoms with van der Waals surface area (Å²) in [7, 11) is 0. The normalized spacial score (nSPS) is 13.3. The van der Waals surface area contributed by atoms with Crippen molar-refractivity contribution < 1.29 is 14.3 Å². The van der Waals surface area contributed by atoms with Crippen LogP contribution in [0.4, 0.5) is 5.69 Å². The number of hydrogen-bond acceptors (Lipinski definition) is 3. The van der Waals surface area contributed by atoms with Gasteiger partial charge in [-0.2, -0.15) is 0 Å². The van der Waals surface area contributed by atoms with Crippen molar-refractivity contribution in [2.75, 3.05) is 11.9 Å². The maximum atomic E-state index is 11.4. The lowest BCUT2D eigenvalue weighted by molar-refractivity contribution is -0.121. The molecule has 0 saturated heterocycles. The van der Waals surface area contributed by atoms with Crippen LogP contribution in [-0.4, -0.2) is 18.4 Å². The molecular weight excluding hydrogens is 232 g/mol. The van der Waals surface area contributed by atoms with Gasteiger partial charge in [-0.3, -0.25) is 9.59 Å². The van der Waals surface area contributed by atoms with E-state index in [1.165, 1.54) is 0 Å². The average Bonchev–Trinajstić information content (AvgIpc) is 2.36. The Hall–Kier alpha value is -2.04. The fraction of sp³-hybridized carbons (Fsp3) is 0.385. The molecule has 0 aliphatic carbocycles. The first-order valence-electron chi connectivity index (χ1n) is 6.01. The summed E-state index contributed by atoms with van der Waals surface area (Å²) >= 11 is 0. The SMILES string of the molecule is CCCC(=O)NCc1ccc2c(c1)NC(=O)CO2.